The molecule has 0 unspecified atom stereocenters. The van der Waals surface area contributed by atoms with Crippen LogP contribution in [0.15, 0.2) is 30.3 Å². The fourth-order valence-electron chi connectivity index (χ4n) is 1.03. The Balaban J connectivity index is 2.86. The van der Waals surface area contributed by atoms with Crippen molar-refractivity contribution in [1.29, 1.82) is 0 Å². The molecule has 0 radical (unpaired) electrons. The van der Waals surface area contributed by atoms with Gasteiger partial charge in [-0.15, -0.1) is 0 Å². The molecule has 82 valence electrons. The Bertz CT molecular complexity index is 390. The maximum Gasteiger partial charge on any atom is 0.353 e. The van der Waals surface area contributed by atoms with E-state index in [9.17, 15) is 14.7 Å². The lowest BCUT2D eigenvalue weighted by atomic mass is 10.2. The van der Waals surface area contributed by atoms with Crippen LogP contribution in [0.1, 0.15) is 5.56 Å². The zero-order valence-corrected chi connectivity index (χ0v) is 8.71. The third kappa shape index (κ3) is 3.32. The fourth-order valence-corrected chi connectivity index (χ4v) is 1.64. The Morgan fingerprint density at radius 3 is 2.27 bits per heavy atom. The number of nitrogens with two attached hydrogens (primary N) is 2. The van der Waals surface area contributed by atoms with Crippen molar-refractivity contribution in [3.63, 3.8) is 0 Å². The molecule has 0 atom stereocenters. The molecule has 0 amide bonds. The lowest BCUT2D eigenvalue weighted by Gasteiger charge is -2.16. The number of rotatable bonds is 4. The van der Waals surface area contributed by atoms with Crippen molar-refractivity contribution < 1.29 is 9.60 Å². The van der Waals surface area contributed by atoms with E-state index in [1.807, 2.05) is 0 Å². The number of hydrazine groups is 1. The number of benzene rings is 1. The van der Waals surface area contributed by atoms with Gasteiger partial charge in [0.2, 0.25) is 0 Å². The largest absolute Gasteiger partial charge is 0.353 e. The third-order valence-electron chi connectivity index (χ3n) is 1.72. The molecule has 0 aliphatic heterocycles. The molecule has 0 saturated carbocycles. The Kier molecular flexibility index (Phi) is 3.41. The average molecular weight is 230 g/mol. The summed E-state index contributed by atoms with van der Waals surface area (Å²) in [6, 6.07) is 8.51. The number of hydrogen-bond acceptors (Lipinski definition) is 3. The monoisotopic (exact) mass is 230 g/mol. The molecule has 0 aliphatic rings. The van der Waals surface area contributed by atoms with E-state index in [1.165, 1.54) is 0 Å². The van der Waals surface area contributed by atoms with E-state index < -0.39 is 12.6 Å². The van der Waals surface area contributed by atoms with E-state index >= 15 is 0 Å². The molecule has 15 heavy (non-hydrogen) atoms. The SMILES string of the molecule is NP(N)(=O)N(Cc1ccccc1)[N+](=O)[O-]. The molecule has 7 nitrogen and oxygen atoms in total. The molecule has 8 heteroatoms. The van der Waals surface area contributed by atoms with Crippen LogP contribution < -0.4 is 11.0 Å². The minimum atomic E-state index is -3.86. The van der Waals surface area contributed by atoms with Gasteiger partial charge in [0.1, 0.15) is 6.54 Å². The van der Waals surface area contributed by atoms with Crippen LogP contribution in [0.3, 0.4) is 0 Å². The normalized spacial score (nSPS) is 11.1. The number of nitrogens with zero attached hydrogens (tertiary/aromatic N) is 2. The second-order valence-corrected chi connectivity index (χ2v) is 4.73. The van der Waals surface area contributed by atoms with Crippen molar-refractivity contribution in [2.45, 2.75) is 6.54 Å². The minimum Gasteiger partial charge on any atom is -0.259 e. The van der Waals surface area contributed by atoms with Crippen molar-refractivity contribution >= 4 is 7.59 Å². The van der Waals surface area contributed by atoms with E-state index in [0.717, 1.165) is 0 Å². The van der Waals surface area contributed by atoms with Gasteiger partial charge in [-0.1, -0.05) is 30.3 Å². The zero-order chi connectivity index (χ0) is 11.5. The summed E-state index contributed by atoms with van der Waals surface area (Å²) in [6.07, 6.45) is 0. The molecule has 0 fully saturated rings. The lowest BCUT2D eigenvalue weighted by Crippen LogP contribution is -2.33. The summed E-state index contributed by atoms with van der Waals surface area (Å²) in [4.78, 5) is 10.5. The summed E-state index contributed by atoms with van der Waals surface area (Å²) >= 11 is 0. The van der Waals surface area contributed by atoms with Crippen LogP contribution in [-0.4, -0.2) is 9.81 Å². The van der Waals surface area contributed by atoms with Crippen LogP contribution in [0.5, 0.6) is 0 Å². The second kappa shape index (κ2) is 4.39. The van der Waals surface area contributed by atoms with Gasteiger partial charge in [0.05, 0.1) is 0 Å². The van der Waals surface area contributed by atoms with Gasteiger partial charge in [-0.25, -0.2) is 21.1 Å². The van der Waals surface area contributed by atoms with Crippen LogP contribution >= 0.6 is 7.59 Å². The predicted molar refractivity (Wildman–Crippen MR) is 55.0 cm³/mol. The first kappa shape index (κ1) is 11.6. The van der Waals surface area contributed by atoms with Crippen molar-refractivity contribution in [3.05, 3.63) is 46.0 Å². The molecule has 0 heterocycles. The van der Waals surface area contributed by atoms with Crippen LogP contribution in [0.25, 0.3) is 0 Å². The minimum absolute atomic E-state index is 0.182. The van der Waals surface area contributed by atoms with Crippen molar-refractivity contribution in [3.8, 4) is 0 Å². The maximum absolute atomic E-state index is 11.2. The number of nitro groups is 1. The molecule has 0 aromatic heterocycles. The van der Waals surface area contributed by atoms with Gasteiger partial charge >= 0.3 is 7.59 Å². The first-order valence-corrected chi connectivity index (χ1v) is 5.84. The van der Waals surface area contributed by atoms with Crippen molar-refractivity contribution in [2.24, 2.45) is 11.0 Å². The highest BCUT2D eigenvalue weighted by Gasteiger charge is 2.30. The highest BCUT2D eigenvalue weighted by Crippen LogP contribution is 2.32. The topological polar surface area (TPSA) is 115 Å². The van der Waals surface area contributed by atoms with Gasteiger partial charge in [0, 0.05) is 0 Å². The first-order valence-electron chi connectivity index (χ1n) is 4.04. The Morgan fingerprint density at radius 2 is 1.87 bits per heavy atom. The summed E-state index contributed by atoms with van der Waals surface area (Å²) in [6.45, 7) is -0.182. The van der Waals surface area contributed by atoms with E-state index in [4.69, 9.17) is 11.0 Å². The molecular weight excluding hydrogens is 219 g/mol. The molecule has 0 bridgehead atoms. The highest BCUT2D eigenvalue weighted by atomic mass is 31.2. The highest BCUT2D eigenvalue weighted by molar-refractivity contribution is 7.56. The predicted octanol–water partition coefficient (Wildman–Crippen LogP) is 0.706. The van der Waals surface area contributed by atoms with E-state index in [0.29, 0.717) is 10.3 Å². The van der Waals surface area contributed by atoms with Crippen LogP contribution in [0.2, 0.25) is 0 Å². The van der Waals surface area contributed by atoms with E-state index in [-0.39, 0.29) is 6.54 Å². The van der Waals surface area contributed by atoms with Crippen LogP contribution in [0.4, 0.5) is 0 Å². The van der Waals surface area contributed by atoms with Crippen molar-refractivity contribution in [2.75, 3.05) is 0 Å². The molecule has 1 rings (SSSR count). The Hall–Kier alpha value is -1.43. The zero-order valence-electron chi connectivity index (χ0n) is 7.81. The Labute approximate surface area is 86.3 Å². The standard InChI is InChI=1S/C7H11N4O3P/c8-15(9,14)10(11(12)13)6-7-4-2-1-3-5-7/h1-5H,6H2,(H4,8,9,14). The average Bonchev–Trinajstić information content (AvgIpc) is 2.13. The summed E-state index contributed by atoms with van der Waals surface area (Å²) < 4.78 is 11.5. The number of hydrogen-bond donors (Lipinski definition) is 2. The molecule has 0 saturated heterocycles. The van der Waals surface area contributed by atoms with E-state index in [2.05, 4.69) is 0 Å². The first-order chi connectivity index (χ1) is 6.91. The summed E-state index contributed by atoms with van der Waals surface area (Å²) in [5.41, 5.74) is 10.7. The summed E-state index contributed by atoms with van der Waals surface area (Å²) in [7, 11) is -3.86. The molecule has 4 N–H and O–H groups in total. The second-order valence-electron chi connectivity index (χ2n) is 2.93. The van der Waals surface area contributed by atoms with Gasteiger partial charge in [-0.3, -0.25) is 4.57 Å². The molecule has 0 spiro atoms. The lowest BCUT2D eigenvalue weighted by molar-refractivity contribution is -0.625. The molecule has 0 aliphatic carbocycles. The quantitative estimate of drug-likeness (QED) is 0.447. The van der Waals surface area contributed by atoms with Gasteiger partial charge in [0.25, 0.3) is 0 Å². The molecule has 1 aromatic carbocycles. The van der Waals surface area contributed by atoms with Gasteiger partial charge in [-0.05, 0) is 10.3 Å². The summed E-state index contributed by atoms with van der Waals surface area (Å²) in [5.74, 6) is 0. The van der Waals surface area contributed by atoms with Gasteiger partial charge in [-0.2, -0.15) is 0 Å². The van der Waals surface area contributed by atoms with Crippen LogP contribution in [0, 0.1) is 10.1 Å². The van der Waals surface area contributed by atoms with E-state index in [1.54, 1.807) is 30.3 Å². The van der Waals surface area contributed by atoms with Gasteiger partial charge in [0.15, 0.2) is 5.03 Å². The third-order valence-corrected chi connectivity index (χ3v) is 2.73. The van der Waals surface area contributed by atoms with Crippen LogP contribution in [-0.2, 0) is 11.1 Å². The smallest absolute Gasteiger partial charge is 0.259 e. The van der Waals surface area contributed by atoms with Gasteiger partial charge < -0.3 is 0 Å². The van der Waals surface area contributed by atoms with Crippen molar-refractivity contribution in [1.82, 2.24) is 4.78 Å². The maximum atomic E-state index is 11.2. The Morgan fingerprint density at radius 1 is 1.33 bits per heavy atom. The summed E-state index contributed by atoms with van der Waals surface area (Å²) in [5, 5.41) is 9.70. The molecule has 1 aromatic rings. The fraction of sp³-hybridized carbons (Fsp3) is 0.143. The molecular formula is C7H11N4O3P.